The van der Waals surface area contributed by atoms with E-state index in [0.717, 1.165) is 31.1 Å². The van der Waals surface area contributed by atoms with Crippen LogP contribution in [-0.2, 0) is 12.8 Å². The predicted molar refractivity (Wildman–Crippen MR) is 147 cm³/mol. The van der Waals surface area contributed by atoms with Crippen molar-refractivity contribution in [1.82, 2.24) is 0 Å². The van der Waals surface area contributed by atoms with Gasteiger partial charge in [-0.1, -0.05) is 64.5 Å². The van der Waals surface area contributed by atoms with Crippen molar-refractivity contribution in [2.45, 2.75) is 91.9 Å². The fourth-order valence-electron chi connectivity index (χ4n) is 3.48. The van der Waals surface area contributed by atoms with E-state index in [1.165, 1.54) is 62.5 Å². The molecule has 0 atom stereocenters. The first-order valence-corrected chi connectivity index (χ1v) is 13.4. The number of rotatable bonds is 10. The van der Waals surface area contributed by atoms with E-state index in [-0.39, 0.29) is 44.1 Å². The van der Waals surface area contributed by atoms with Crippen molar-refractivity contribution in [3.8, 4) is 11.5 Å². The molecule has 0 fully saturated rings. The zero-order valence-corrected chi connectivity index (χ0v) is 28.7. The number of aromatic hydroxyl groups is 2. The third kappa shape index (κ3) is 12.8. The third-order valence-electron chi connectivity index (χ3n) is 5.17. The molecule has 2 aromatic carbocycles. The summed E-state index contributed by atoms with van der Waals surface area (Å²) in [7, 11) is 0. The summed E-state index contributed by atoms with van der Waals surface area (Å²) >= 11 is 4.39. The van der Waals surface area contributed by atoms with E-state index in [9.17, 15) is 10.2 Å². The third-order valence-corrected chi connectivity index (χ3v) is 6.82. The van der Waals surface area contributed by atoms with Crippen LogP contribution in [0.1, 0.15) is 87.5 Å². The van der Waals surface area contributed by atoms with Crippen molar-refractivity contribution in [3.05, 3.63) is 53.7 Å². The zero-order chi connectivity index (χ0) is 22.5. The molecule has 0 aromatic heterocycles. The minimum Gasteiger partial charge on any atom is -0.507 e. The van der Waals surface area contributed by atoms with E-state index >= 15 is 0 Å². The first-order valence-electron chi connectivity index (χ1n) is 11.3. The molecule has 0 heterocycles. The van der Waals surface area contributed by atoms with Gasteiger partial charge in [0.25, 0.3) is 0 Å². The Kier molecular flexibility index (Phi) is 18.8. The minimum atomic E-state index is 0. The van der Waals surface area contributed by atoms with Gasteiger partial charge in [0.05, 0.1) is 7.14 Å². The summed E-state index contributed by atoms with van der Waals surface area (Å²) in [5, 5.41) is 19.7. The fourth-order valence-corrected chi connectivity index (χ4v) is 5.15. The van der Waals surface area contributed by atoms with Gasteiger partial charge in [-0.3, -0.25) is 0 Å². The standard InChI is InChI=1S/2C13H19IO.Ac/c2*1-3-4-5-6-7-11-8-10(2)9-12(14)13(11)15;/h2*8-9,15H,3-7H2,1-2H3;. The van der Waals surface area contributed by atoms with Crippen molar-refractivity contribution in [2.24, 2.45) is 0 Å². The normalized spacial score (nSPS) is 10.3. The molecule has 0 saturated heterocycles. The van der Waals surface area contributed by atoms with Crippen LogP contribution in [0.3, 0.4) is 0 Å². The van der Waals surface area contributed by atoms with Crippen molar-refractivity contribution in [1.29, 1.82) is 0 Å². The monoisotopic (exact) mass is 863 g/mol. The van der Waals surface area contributed by atoms with Crippen LogP contribution < -0.4 is 0 Å². The van der Waals surface area contributed by atoms with Gasteiger partial charge in [0.2, 0.25) is 0 Å². The second kappa shape index (κ2) is 18.3. The van der Waals surface area contributed by atoms with Crippen LogP contribution in [-0.4, -0.2) is 10.2 Å². The number of benzene rings is 2. The quantitative estimate of drug-likeness (QED) is 0.185. The Bertz CT molecular complexity index is 713. The second-order valence-electron chi connectivity index (χ2n) is 8.13. The summed E-state index contributed by atoms with van der Waals surface area (Å²) in [5.74, 6) is 0.968. The van der Waals surface area contributed by atoms with E-state index in [0.29, 0.717) is 11.5 Å². The molecule has 0 spiro atoms. The van der Waals surface area contributed by atoms with Crippen molar-refractivity contribution < 1.29 is 54.3 Å². The maximum atomic E-state index is 9.87. The predicted octanol–water partition coefficient (Wildman–Crippen LogP) is 8.86. The average molecular weight is 863 g/mol. The Labute approximate surface area is 253 Å². The molecular weight excluding hydrogens is 825 g/mol. The van der Waals surface area contributed by atoms with Gasteiger partial charge in [0.15, 0.2) is 0 Å². The van der Waals surface area contributed by atoms with Crippen molar-refractivity contribution >= 4 is 45.2 Å². The van der Waals surface area contributed by atoms with Gasteiger partial charge in [-0.05, 0) is 119 Å². The molecule has 31 heavy (non-hydrogen) atoms. The first-order chi connectivity index (χ1) is 14.3. The Morgan fingerprint density at radius 2 is 0.968 bits per heavy atom. The number of aryl methyl sites for hydroxylation is 4. The molecule has 0 bridgehead atoms. The van der Waals surface area contributed by atoms with Gasteiger partial charge in [0, 0.05) is 44.1 Å². The van der Waals surface area contributed by atoms with E-state index in [1.54, 1.807) is 0 Å². The summed E-state index contributed by atoms with van der Waals surface area (Å²) in [6.45, 7) is 8.59. The van der Waals surface area contributed by atoms with Crippen LogP contribution in [0.4, 0.5) is 0 Å². The Hall–Kier alpha value is 0.942. The maximum Gasteiger partial charge on any atom is 0.132 e. The Morgan fingerprint density at radius 1 is 0.613 bits per heavy atom. The van der Waals surface area contributed by atoms with Gasteiger partial charge in [-0.2, -0.15) is 0 Å². The number of phenolic OH excluding ortho intramolecular Hbond substituents is 2. The van der Waals surface area contributed by atoms with Crippen LogP contribution in [0.15, 0.2) is 24.3 Å². The summed E-state index contributed by atoms with van der Waals surface area (Å²) in [6.07, 6.45) is 12.0. The van der Waals surface area contributed by atoms with Crippen LogP contribution >= 0.6 is 45.2 Å². The molecule has 171 valence electrons. The molecule has 2 aromatic rings. The summed E-state index contributed by atoms with van der Waals surface area (Å²) in [6, 6.07) is 8.24. The van der Waals surface area contributed by atoms with E-state index in [2.05, 4.69) is 85.0 Å². The second-order valence-corrected chi connectivity index (χ2v) is 10.5. The van der Waals surface area contributed by atoms with E-state index < -0.39 is 0 Å². The SMILES string of the molecule is CCCCCCc1cc(C)cc(I)c1O.CCCCCCc1cc(C)cc(I)c1O.[Ac]. The molecule has 5 heteroatoms. The van der Waals surface area contributed by atoms with Crippen LogP contribution in [0.5, 0.6) is 11.5 Å². The number of phenols is 2. The Morgan fingerprint density at radius 3 is 1.29 bits per heavy atom. The van der Waals surface area contributed by atoms with Crippen LogP contribution in [0.25, 0.3) is 0 Å². The average Bonchev–Trinajstić information content (AvgIpc) is 2.70. The molecule has 0 aliphatic heterocycles. The molecule has 2 N–H and O–H groups in total. The summed E-state index contributed by atoms with van der Waals surface area (Å²) < 4.78 is 1.94. The first kappa shape index (κ1) is 31.9. The smallest absolute Gasteiger partial charge is 0.132 e. The summed E-state index contributed by atoms with van der Waals surface area (Å²) in [4.78, 5) is 0. The Balaban J connectivity index is 0.000000562. The molecule has 2 rings (SSSR count). The molecule has 0 saturated carbocycles. The number of hydrogen-bond acceptors (Lipinski definition) is 2. The number of unbranched alkanes of at least 4 members (excludes halogenated alkanes) is 6. The minimum absolute atomic E-state index is 0. The van der Waals surface area contributed by atoms with E-state index in [4.69, 9.17) is 0 Å². The van der Waals surface area contributed by atoms with E-state index in [1.807, 2.05) is 12.1 Å². The molecule has 0 amide bonds. The number of hydrogen-bond donors (Lipinski definition) is 2. The van der Waals surface area contributed by atoms with Gasteiger partial charge in [-0.25, -0.2) is 0 Å². The van der Waals surface area contributed by atoms with Gasteiger partial charge >= 0.3 is 0 Å². The molecule has 0 unspecified atom stereocenters. The van der Waals surface area contributed by atoms with Gasteiger partial charge in [-0.15, -0.1) is 0 Å². The largest absolute Gasteiger partial charge is 0.507 e. The fraction of sp³-hybridized carbons (Fsp3) is 0.538. The molecule has 0 aliphatic carbocycles. The van der Waals surface area contributed by atoms with Crippen molar-refractivity contribution in [2.75, 3.05) is 0 Å². The van der Waals surface area contributed by atoms with Gasteiger partial charge < -0.3 is 10.2 Å². The zero-order valence-electron chi connectivity index (χ0n) is 19.6. The van der Waals surface area contributed by atoms with Crippen LogP contribution in [0, 0.1) is 65.1 Å². The molecule has 0 aliphatic rings. The topological polar surface area (TPSA) is 40.5 Å². The molecule has 1 radical (unpaired) electrons. The molecular formula is C26H38AcI2O2. The van der Waals surface area contributed by atoms with Crippen molar-refractivity contribution in [3.63, 3.8) is 0 Å². The number of halogens is 2. The van der Waals surface area contributed by atoms with Crippen LogP contribution in [0.2, 0.25) is 0 Å². The summed E-state index contributed by atoms with van der Waals surface area (Å²) in [5.41, 5.74) is 4.69. The van der Waals surface area contributed by atoms with Gasteiger partial charge in [0.1, 0.15) is 11.5 Å². The molecule has 2 nitrogen and oxygen atoms in total. The maximum absolute atomic E-state index is 9.87.